The van der Waals surface area contributed by atoms with Crippen LogP contribution in [-0.4, -0.2) is 14.6 Å². The smallest absolute Gasteiger partial charge is 0.318 e. The highest BCUT2D eigenvalue weighted by molar-refractivity contribution is 4.64. The summed E-state index contributed by atoms with van der Waals surface area (Å²) in [5, 5.41) is 0. The van der Waals surface area contributed by atoms with Gasteiger partial charge in [-0.3, -0.25) is 4.98 Å². The molecule has 0 aliphatic rings. The van der Waals surface area contributed by atoms with Crippen molar-refractivity contribution in [1.29, 1.82) is 0 Å². The summed E-state index contributed by atoms with van der Waals surface area (Å²) in [5.41, 5.74) is -1.47. The number of nitrogens with two attached hydrogens (primary N) is 2. The minimum absolute atomic E-state index is 0.475. The number of aromatic amines is 1. The molecule has 1 heterocycles. The first-order valence-corrected chi connectivity index (χ1v) is 2.07. The SMILES string of the molecule is Nn1c(=O)[nH]c(=O)n1N. The highest BCUT2D eigenvalue weighted by atomic mass is 16.2. The molecule has 0 unspecified atom stereocenters. The molecule has 0 aromatic carbocycles. The average Bonchev–Trinajstić information content (AvgIpc) is 1.98. The number of hydrogen-bond acceptors (Lipinski definition) is 4. The Morgan fingerprint density at radius 2 is 1.44 bits per heavy atom. The molecule has 0 aliphatic heterocycles. The van der Waals surface area contributed by atoms with Crippen molar-refractivity contribution < 1.29 is 0 Å². The Kier molecular flexibility index (Phi) is 0.855. The molecule has 1 rings (SSSR count). The molecule has 0 atom stereocenters. The molecule has 0 radical (unpaired) electrons. The largest absolute Gasteiger partial charge is 0.365 e. The van der Waals surface area contributed by atoms with Crippen LogP contribution < -0.4 is 23.1 Å². The second-order valence-corrected chi connectivity index (χ2v) is 1.42. The first kappa shape index (κ1) is 5.48. The molecule has 1 aromatic heterocycles. The van der Waals surface area contributed by atoms with Crippen molar-refractivity contribution in [2.24, 2.45) is 0 Å². The monoisotopic (exact) mass is 131 g/mol. The van der Waals surface area contributed by atoms with Gasteiger partial charge >= 0.3 is 11.4 Å². The number of H-pyrrole nitrogens is 1. The molecule has 7 heteroatoms. The van der Waals surface area contributed by atoms with Crippen molar-refractivity contribution in [3.63, 3.8) is 0 Å². The lowest BCUT2D eigenvalue weighted by molar-refractivity contribution is 0.639. The van der Waals surface area contributed by atoms with Crippen LogP contribution in [0.15, 0.2) is 9.59 Å². The predicted octanol–water partition coefficient (Wildman–Crippen LogP) is -3.23. The van der Waals surface area contributed by atoms with E-state index < -0.39 is 11.4 Å². The first-order valence-electron chi connectivity index (χ1n) is 2.07. The zero-order valence-electron chi connectivity index (χ0n) is 4.37. The third kappa shape index (κ3) is 0.581. The molecular weight excluding hydrogens is 126 g/mol. The lowest BCUT2D eigenvalue weighted by atomic mass is 11.2. The van der Waals surface area contributed by atoms with Crippen molar-refractivity contribution in [2.45, 2.75) is 0 Å². The summed E-state index contributed by atoms with van der Waals surface area (Å²) < 4.78 is 0. The number of nitrogens with one attached hydrogen (secondary N) is 1. The number of aromatic nitrogens is 3. The summed E-state index contributed by atoms with van der Waals surface area (Å²) in [6.45, 7) is 0. The van der Waals surface area contributed by atoms with E-state index in [4.69, 9.17) is 11.7 Å². The van der Waals surface area contributed by atoms with Crippen molar-refractivity contribution in [1.82, 2.24) is 14.6 Å². The second kappa shape index (κ2) is 1.41. The van der Waals surface area contributed by atoms with E-state index in [2.05, 4.69) is 0 Å². The average molecular weight is 131 g/mol. The Hall–Kier alpha value is -1.66. The van der Waals surface area contributed by atoms with Gasteiger partial charge in [-0.05, 0) is 0 Å². The number of nitrogens with zero attached hydrogens (tertiary/aromatic N) is 2. The zero-order valence-corrected chi connectivity index (χ0v) is 4.37. The van der Waals surface area contributed by atoms with Gasteiger partial charge in [-0.25, -0.2) is 9.59 Å². The zero-order chi connectivity index (χ0) is 7.02. The normalized spacial score (nSPS) is 9.78. The van der Waals surface area contributed by atoms with Crippen LogP contribution in [0.2, 0.25) is 0 Å². The highest BCUT2D eigenvalue weighted by Gasteiger charge is 1.98. The fourth-order valence-electron chi connectivity index (χ4n) is 0.402. The molecule has 7 nitrogen and oxygen atoms in total. The molecule has 9 heavy (non-hydrogen) atoms. The van der Waals surface area contributed by atoms with Gasteiger partial charge in [0.25, 0.3) is 0 Å². The van der Waals surface area contributed by atoms with Crippen LogP contribution in [0.4, 0.5) is 0 Å². The minimum atomic E-state index is -0.734. The molecule has 0 aliphatic carbocycles. The van der Waals surface area contributed by atoms with Gasteiger partial charge in [0, 0.05) is 0 Å². The van der Waals surface area contributed by atoms with Crippen LogP contribution in [0, 0.1) is 0 Å². The van der Waals surface area contributed by atoms with Crippen molar-refractivity contribution >= 4 is 0 Å². The standard InChI is InChI=1S/C2H5N5O2/c3-6-1(8)5-2(9)7(6)4/h3-4H2,(H,5,8,9). The van der Waals surface area contributed by atoms with Crippen LogP contribution in [-0.2, 0) is 0 Å². The van der Waals surface area contributed by atoms with E-state index in [-0.39, 0.29) is 0 Å². The van der Waals surface area contributed by atoms with Gasteiger partial charge < -0.3 is 11.7 Å². The summed E-state index contributed by atoms with van der Waals surface area (Å²) in [6, 6.07) is 0. The number of nitrogen functional groups attached to an aromatic ring is 2. The van der Waals surface area contributed by atoms with Gasteiger partial charge in [-0.15, -0.1) is 9.58 Å². The fourth-order valence-corrected chi connectivity index (χ4v) is 0.402. The molecule has 5 N–H and O–H groups in total. The van der Waals surface area contributed by atoms with Crippen LogP contribution in [0.5, 0.6) is 0 Å². The van der Waals surface area contributed by atoms with E-state index in [1.54, 1.807) is 0 Å². The molecular formula is C2H5N5O2. The van der Waals surface area contributed by atoms with Crippen LogP contribution in [0.1, 0.15) is 0 Å². The van der Waals surface area contributed by atoms with Crippen LogP contribution in [0.25, 0.3) is 0 Å². The maximum atomic E-state index is 10.3. The van der Waals surface area contributed by atoms with Gasteiger partial charge in [-0.1, -0.05) is 0 Å². The lowest BCUT2D eigenvalue weighted by Gasteiger charge is -1.91. The molecule has 0 saturated carbocycles. The Balaban J connectivity index is 3.67. The summed E-state index contributed by atoms with van der Waals surface area (Å²) in [7, 11) is 0. The summed E-state index contributed by atoms with van der Waals surface area (Å²) in [6.07, 6.45) is 0. The van der Waals surface area contributed by atoms with Crippen LogP contribution in [0.3, 0.4) is 0 Å². The van der Waals surface area contributed by atoms with Gasteiger partial charge in [0.05, 0.1) is 0 Å². The van der Waals surface area contributed by atoms with Crippen LogP contribution >= 0.6 is 0 Å². The summed E-state index contributed by atoms with van der Waals surface area (Å²) >= 11 is 0. The van der Waals surface area contributed by atoms with Gasteiger partial charge in [0.1, 0.15) is 0 Å². The summed E-state index contributed by atoms with van der Waals surface area (Å²) in [4.78, 5) is 23.5. The van der Waals surface area contributed by atoms with E-state index >= 15 is 0 Å². The lowest BCUT2D eigenvalue weighted by Crippen LogP contribution is -2.37. The van der Waals surface area contributed by atoms with E-state index in [1.807, 2.05) is 4.98 Å². The van der Waals surface area contributed by atoms with Crippen molar-refractivity contribution in [3.05, 3.63) is 21.0 Å². The van der Waals surface area contributed by atoms with Gasteiger partial charge in [-0.2, -0.15) is 0 Å². The van der Waals surface area contributed by atoms with E-state index in [9.17, 15) is 9.59 Å². The fraction of sp³-hybridized carbons (Fsp3) is 0. The van der Waals surface area contributed by atoms with Gasteiger partial charge in [0.2, 0.25) is 0 Å². The Morgan fingerprint density at radius 3 is 1.56 bits per heavy atom. The first-order chi connectivity index (χ1) is 4.13. The second-order valence-electron chi connectivity index (χ2n) is 1.42. The molecule has 0 bridgehead atoms. The van der Waals surface area contributed by atoms with E-state index in [1.165, 1.54) is 0 Å². The third-order valence-corrected chi connectivity index (χ3v) is 0.862. The summed E-state index contributed by atoms with van der Waals surface area (Å²) in [5.74, 6) is 9.83. The Morgan fingerprint density at radius 1 is 1.11 bits per heavy atom. The highest BCUT2D eigenvalue weighted by Crippen LogP contribution is 1.47. The third-order valence-electron chi connectivity index (χ3n) is 0.862. The molecule has 0 saturated heterocycles. The molecule has 0 spiro atoms. The quantitative estimate of drug-likeness (QED) is 0.321. The van der Waals surface area contributed by atoms with E-state index in [0.717, 1.165) is 0 Å². The van der Waals surface area contributed by atoms with Crippen molar-refractivity contribution in [2.75, 3.05) is 11.7 Å². The number of hydrogen-bond donors (Lipinski definition) is 3. The molecule has 0 amide bonds. The Labute approximate surface area is 48.4 Å². The maximum absolute atomic E-state index is 10.3. The van der Waals surface area contributed by atoms with Gasteiger partial charge in [0.15, 0.2) is 0 Å². The maximum Gasteiger partial charge on any atom is 0.365 e. The molecule has 0 fully saturated rings. The Bertz CT molecular complexity index is 284. The topological polar surface area (TPSA) is 112 Å². The van der Waals surface area contributed by atoms with E-state index in [0.29, 0.717) is 9.58 Å². The van der Waals surface area contributed by atoms with Crippen molar-refractivity contribution in [3.8, 4) is 0 Å². The predicted molar refractivity (Wildman–Crippen MR) is 29.6 cm³/mol. The molecule has 50 valence electrons. The molecule has 1 aromatic rings. The number of rotatable bonds is 0. The minimum Gasteiger partial charge on any atom is -0.318 e.